The van der Waals surface area contributed by atoms with E-state index < -0.39 is 15.6 Å². The molecular weight excluding hydrogens is 290 g/mol. The van der Waals surface area contributed by atoms with E-state index in [2.05, 4.69) is 15.4 Å². The Balaban J connectivity index is 2.42. The summed E-state index contributed by atoms with van der Waals surface area (Å²) >= 11 is 0. The third-order valence-corrected chi connectivity index (χ3v) is 3.66. The topological polar surface area (TPSA) is 87.3 Å². The minimum absolute atomic E-state index is 0.114. The fourth-order valence-corrected chi connectivity index (χ4v) is 3.01. The van der Waals surface area contributed by atoms with Crippen LogP contribution in [-0.4, -0.2) is 39.2 Å². The number of aryl methyl sites for hydroxylation is 1. The van der Waals surface area contributed by atoms with Gasteiger partial charge < -0.3 is 10.6 Å². The first-order valence-corrected chi connectivity index (χ1v) is 8.53. The maximum absolute atomic E-state index is 11.8. The Kier molecular flexibility index (Phi) is 5.88. The highest BCUT2D eigenvalue weighted by molar-refractivity contribution is 7.88. The van der Waals surface area contributed by atoms with E-state index in [0.29, 0.717) is 6.54 Å². The van der Waals surface area contributed by atoms with E-state index in [1.807, 2.05) is 31.2 Å². The highest BCUT2D eigenvalue weighted by Crippen LogP contribution is 2.12. The number of carbonyl (C=O) groups is 1. The van der Waals surface area contributed by atoms with Crippen LogP contribution in [0, 0.1) is 6.92 Å². The Morgan fingerprint density at radius 2 is 1.86 bits per heavy atom. The number of benzene rings is 1. The van der Waals surface area contributed by atoms with E-state index >= 15 is 0 Å². The van der Waals surface area contributed by atoms with Gasteiger partial charge in [-0.3, -0.25) is 4.79 Å². The third-order valence-electron chi connectivity index (χ3n) is 2.73. The molecule has 1 aromatic carbocycles. The van der Waals surface area contributed by atoms with Gasteiger partial charge in [-0.15, -0.1) is 0 Å². The Morgan fingerprint density at radius 1 is 1.24 bits per heavy atom. The molecule has 21 heavy (non-hydrogen) atoms. The minimum Gasteiger partial charge on any atom is -0.325 e. The van der Waals surface area contributed by atoms with Crippen LogP contribution in [0.1, 0.15) is 19.4 Å². The molecule has 0 unspecified atom stereocenters. The highest BCUT2D eigenvalue weighted by atomic mass is 32.2. The molecule has 0 aromatic heterocycles. The maximum atomic E-state index is 11.8. The van der Waals surface area contributed by atoms with E-state index in [0.717, 1.165) is 17.5 Å². The summed E-state index contributed by atoms with van der Waals surface area (Å²) in [6, 6.07) is 7.52. The van der Waals surface area contributed by atoms with Crippen molar-refractivity contribution < 1.29 is 13.2 Å². The molecule has 3 N–H and O–H groups in total. The standard InChI is InChI=1S/C14H23N3O3S/c1-11-7-5-6-8-12(11)16-13(18)9-15-10-14(2,3)17-21(4,19)20/h5-8,15,17H,9-10H2,1-4H3,(H,16,18). The third kappa shape index (κ3) is 7.22. The van der Waals surface area contributed by atoms with E-state index in [-0.39, 0.29) is 12.5 Å². The van der Waals surface area contributed by atoms with Crippen molar-refractivity contribution >= 4 is 21.6 Å². The number of anilines is 1. The van der Waals surface area contributed by atoms with Crippen molar-refractivity contribution in [3.63, 3.8) is 0 Å². The maximum Gasteiger partial charge on any atom is 0.238 e. The molecule has 7 heteroatoms. The van der Waals surface area contributed by atoms with Gasteiger partial charge in [-0.05, 0) is 32.4 Å². The smallest absolute Gasteiger partial charge is 0.238 e. The molecule has 0 spiro atoms. The van der Waals surface area contributed by atoms with Crippen LogP contribution < -0.4 is 15.4 Å². The Bertz CT molecular complexity index is 597. The predicted molar refractivity (Wildman–Crippen MR) is 84.7 cm³/mol. The summed E-state index contributed by atoms with van der Waals surface area (Å²) in [5, 5.41) is 5.75. The number of para-hydroxylation sites is 1. The summed E-state index contributed by atoms with van der Waals surface area (Å²) in [6.45, 7) is 5.88. The number of hydrogen-bond donors (Lipinski definition) is 3. The minimum atomic E-state index is -3.28. The van der Waals surface area contributed by atoms with Crippen LogP contribution in [-0.2, 0) is 14.8 Å². The lowest BCUT2D eigenvalue weighted by Crippen LogP contribution is -2.50. The van der Waals surface area contributed by atoms with Crippen molar-refractivity contribution in [1.82, 2.24) is 10.0 Å². The van der Waals surface area contributed by atoms with Gasteiger partial charge in [0, 0.05) is 17.8 Å². The van der Waals surface area contributed by atoms with E-state index in [9.17, 15) is 13.2 Å². The summed E-state index contributed by atoms with van der Waals surface area (Å²) in [6.07, 6.45) is 1.11. The van der Waals surface area contributed by atoms with Crippen LogP contribution in [0.4, 0.5) is 5.69 Å². The molecule has 1 aromatic rings. The summed E-state index contributed by atoms with van der Waals surface area (Å²) in [7, 11) is -3.28. The predicted octanol–water partition coefficient (Wildman–Crippen LogP) is 0.851. The second-order valence-corrected chi connectivity index (χ2v) is 7.47. The molecular formula is C14H23N3O3S. The quantitative estimate of drug-likeness (QED) is 0.696. The Labute approximate surface area is 126 Å². The van der Waals surface area contributed by atoms with Crippen LogP contribution in [0.15, 0.2) is 24.3 Å². The van der Waals surface area contributed by atoms with Gasteiger partial charge in [-0.2, -0.15) is 0 Å². The number of amides is 1. The van der Waals surface area contributed by atoms with Gasteiger partial charge in [0.05, 0.1) is 12.8 Å². The van der Waals surface area contributed by atoms with Crippen LogP contribution >= 0.6 is 0 Å². The van der Waals surface area contributed by atoms with Crippen molar-refractivity contribution in [2.45, 2.75) is 26.3 Å². The van der Waals surface area contributed by atoms with Crippen LogP contribution in [0.2, 0.25) is 0 Å². The van der Waals surface area contributed by atoms with E-state index in [4.69, 9.17) is 0 Å². The summed E-state index contributed by atoms with van der Waals surface area (Å²) in [5.74, 6) is -0.167. The molecule has 0 saturated carbocycles. The molecule has 6 nitrogen and oxygen atoms in total. The van der Waals surface area contributed by atoms with Crippen molar-refractivity contribution in [2.75, 3.05) is 24.7 Å². The van der Waals surface area contributed by atoms with Gasteiger partial charge in [0.15, 0.2) is 0 Å². The summed E-state index contributed by atoms with van der Waals surface area (Å²) < 4.78 is 24.9. The zero-order valence-corrected chi connectivity index (χ0v) is 13.7. The van der Waals surface area contributed by atoms with E-state index in [1.54, 1.807) is 13.8 Å². The van der Waals surface area contributed by atoms with Gasteiger partial charge in [0.25, 0.3) is 0 Å². The van der Waals surface area contributed by atoms with E-state index in [1.165, 1.54) is 0 Å². The average molecular weight is 313 g/mol. The lowest BCUT2D eigenvalue weighted by Gasteiger charge is -2.25. The van der Waals surface area contributed by atoms with Crippen molar-refractivity contribution in [3.8, 4) is 0 Å². The number of sulfonamides is 1. The average Bonchev–Trinajstić information content (AvgIpc) is 2.28. The molecule has 0 heterocycles. The molecule has 0 aliphatic rings. The molecule has 1 rings (SSSR count). The molecule has 0 bridgehead atoms. The fraction of sp³-hybridized carbons (Fsp3) is 0.500. The molecule has 1 amide bonds. The normalized spacial score (nSPS) is 12.2. The van der Waals surface area contributed by atoms with Crippen molar-refractivity contribution in [2.24, 2.45) is 0 Å². The number of nitrogens with one attached hydrogen (secondary N) is 3. The molecule has 0 atom stereocenters. The SMILES string of the molecule is Cc1ccccc1NC(=O)CNCC(C)(C)NS(C)(=O)=O. The molecule has 0 saturated heterocycles. The Hall–Kier alpha value is -1.44. The molecule has 0 aliphatic carbocycles. The Morgan fingerprint density at radius 3 is 2.43 bits per heavy atom. The van der Waals surface area contributed by atoms with Crippen LogP contribution in [0.25, 0.3) is 0 Å². The first-order chi connectivity index (χ1) is 9.59. The second-order valence-electron chi connectivity index (χ2n) is 5.72. The van der Waals surface area contributed by atoms with Crippen LogP contribution in [0.5, 0.6) is 0 Å². The monoisotopic (exact) mass is 313 g/mol. The summed E-state index contributed by atoms with van der Waals surface area (Å²) in [4.78, 5) is 11.8. The first-order valence-electron chi connectivity index (χ1n) is 6.64. The van der Waals surface area contributed by atoms with Gasteiger partial charge in [0.2, 0.25) is 15.9 Å². The number of rotatable bonds is 7. The lowest BCUT2D eigenvalue weighted by molar-refractivity contribution is -0.115. The lowest BCUT2D eigenvalue weighted by atomic mass is 10.1. The van der Waals surface area contributed by atoms with Gasteiger partial charge in [0.1, 0.15) is 0 Å². The van der Waals surface area contributed by atoms with Gasteiger partial charge in [-0.25, -0.2) is 13.1 Å². The zero-order valence-electron chi connectivity index (χ0n) is 12.9. The molecule has 0 fully saturated rings. The molecule has 0 aliphatic heterocycles. The van der Waals surface area contributed by atoms with Gasteiger partial charge in [-0.1, -0.05) is 18.2 Å². The largest absolute Gasteiger partial charge is 0.325 e. The molecule has 118 valence electrons. The van der Waals surface area contributed by atoms with Crippen molar-refractivity contribution in [1.29, 1.82) is 0 Å². The van der Waals surface area contributed by atoms with Crippen LogP contribution in [0.3, 0.4) is 0 Å². The number of hydrogen-bond acceptors (Lipinski definition) is 4. The second kappa shape index (κ2) is 7.02. The highest BCUT2D eigenvalue weighted by Gasteiger charge is 2.21. The number of carbonyl (C=O) groups excluding carboxylic acids is 1. The molecule has 0 radical (unpaired) electrons. The fourth-order valence-electron chi connectivity index (χ4n) is 1.93. The van der Waals surface area contributed by atoms with Gasteiger partial charge >= 0.3 is 0 Å². The zero-order chi connectivity index (χ0) is 16.1. The first kappa shape index (κ1) is 17.6. The summed E-state index contributed by atoms with van der Waals surface area (Å²) in [5.41, 5.74) is 1.11. The van der Waals surface area contributed by atoms with Crippen molar-refractivity contribution in [3.05, 3.63) is 29.8 Å².